The second kappa shape index (κ2) is 23.8. The average Bonchev–Trinajstić information content (AvgIpc) is 3.26. The van der Waals surface area contributed by atoms with Crippen LogP contribution in [0.5, 0.6) is 11.5 Å². The van der Waals surface area contributed by atoms with Gasteiger partial charge in [0.2, 0.25) is 5.79 Å². The zero-order valence-electron chi connectivity index (χ0n) is 34.9. The van der Waals surface area contributed by atoms with E-state index in [9.17, 15) is 30.2 Å². The van der Waals surface area contributed by atoms with Gasteiger partial charge in [-0.25, -0.2) is 4.79 Å². The minimum atomic E-state index is -1.53. The lowest BCUT2D eigenvalue weighted by Crippen LogP contribution is -2.70. The van der Waals surface area contributed by atoms with Crippen LogP contribution in [0.1, 0.15) is 68.4 Å². The van der Waals surface area contributed by atoms with E-state index in [1.807, 2.05) is 18.2 Å². The Morgan fingerprint density at radius 2 is 1.70 bits per heavy atom. The predicted molar refractivity (Wildman–Crippen MR) is 229 cm³/mol. The van der Waals surface area contributed by atoms with Crippen molar-refractivity contribution in [3.63, 3.8) is 0 Å². The number of carbonyl (C=O) groups excluding carboxylic acids is 1. The number of hydrogen-bond acceptors (Lipinski definition) is 13. The summed E-state index contributed by atoms with van der Waals surface area (Å²) in [6, 6.07) is 10.9. The van der Waals surface area contributed by atoms with E-state index in [2.05, 4.69) is 25.8 Å². The Bertz CT molecular complexity index is 1830. The van der Waals surface area contributed by atoms with Crippen LogP contribution in [0, 0.1) is 27.9 Å². The van der Waals surface area contributed by atoms with Crippen LogP contribution >= 0.6 is 0 Å². The van der Waals surface area contributed by atoms with Gasteiger partial charge in [0.1, 0.15) is 30.8 Å². The molecule has 2 aliphatic carbocycles. The molecule has 1 heterocycles. The summed E-state index contributed by atoms with van der Waals surface area (Å²) in [6.45, 7) is 12.1. The number of unbranched alkanes of at least 4 members (excludes halogenated alkanes) is 2. The number of carbonyl (C=O) groups is 1. The van der Waals surface area contributed by atoms with Crippen molar-refractivity contribution in [3.8, 4) is 11.5 Å². The standard InChI is InChI=1S/C46H61N3O12/c1-4-7-26-58-45(53)48(20-27-56-28-23-52)42-31-40(47-60-32-33-14-16-35(17-15-33)49(54)55)38-29-34(12-8-10-21-50)37(13-9-11-22-51)43-39-30-36(57-24-5-2)18-19-41(39)61-46(42,44(38)43)59-25-6-3/h4-6,14-19,29-30,34,37,42-44,50-52H,1-3,7-13,20-28,31-32H2/t34-,37+,42-,43+,44+,46+/m0/s1. The number of nitro groups is 1. The van der Waals surface area contributed by atoms with Crippen molar-refractivity contribution >= 4 is 17.5 Å². The largest absolute Gasteiger partial charge is 0.490 e. The van der Waals surface area contributed by atoms with Crippen LogP contribution in [0.25, 0.3) is 0 Å². The number of benzene rings is 2. The van der Waals surface area contributed by atoms with E-state index in [1.54, 1.807) is 35.3 Å². The number of oxime groups is 1. The number of nitro benzene ring substituents is 1. The summed E-state index contributed by atoms with van der Waals surface area (Å²) in [6.07, 6.45) is 11.4. The second-order valence-corrected chi connectivity index (χ2v) is 15.3. The molecule has 6 atom stereocenters. The fraction of sp³-hybridized carbons (Fsp3) is 0.522. The fourth-order valence-corrected chi connectivity index (χ4v) is 8.81. The van der Waals surface area contributed by atoms with Crippen molar-refractivity contribution in [1.82, 2.24) is 4.90 Å². The number of ether oxygens (including phenoxy) is 5. The highest BCUT2D eigenvalue weighted by Crippen LogP contribution is 2.62. The first-order valence-corrected chi connectivity index (χ1v) is 21.2. The van der Waals surface area contributed by atoms with Gasteiger partial charge in [0.05, 0.1) is 49.6 Å². The molecule has 0 aromatic heterocycles. The number of non-ortho nitro benzene ring substituents is 1. The van der Waals surface area contributed by atoms with Gasteiger partial charge in [0.15, 0.2) is 0 Å². The molecule has 2 aromatic rings. The van der Waals surface area contributed by atoms with E-state index in [4.69, 9.17) is 33.7 Å². The number of hydrogen-bond donors (Lipinski definition) is 3. The lowest BCUT2D eigenvalue weighted by Gasteiger charge is -2.59. The summed E-state index contributed by atoms with van der Waals surface area (Å²) in [7, 11) is 0. The molecule has 61 heavy (non-hydrogen) atoms. The fourth-order valence-electron chi connectivity index (χ4n) is 8.81. The van der Waals surface area contributed by atoms with Crippen LogP contribution in [0.3, 0.4) is 0 Å². The number of fused-ring (bicyclic) bond motifs is 2. The van der Waals surface area contributed by atoms with Crippen LogP contribution < -0.4 is 9.47 Å². The first-order chi connectivity index (χ1) is 29.8. The van der Waals surface area contributed by atoms with E-state index >= 15 is 0 Å². The van der Waals surface area contributed by atoms with Gasteiger partial charge in [-0.2, -0.15) is 0 Å². The topological polar surface area (TPSA) is 192 Å². The summed E-state index contributed by atoms with van der Waals surface area (Å²) in [4.78, 5) is 32.9. The highest BCUT2D eigenvalue weighted by atomic mass is 16.7. The van der Waals surface area contributed by atoms with Gasteiger partial charge in [-0.05, 0) is 85.4 Å². The maximum Gasteiger partial charge on any atom is 0.410 e. The first-order valence-electron chi connectivity index (χ1n) is 21.2. The van der Waals surface area contributed by atoms with Crippen LogP contribution in [-0.4, -0.2) is 108 Å². The SMILES string of the molecule is C=CCCOC(=O)N(CCOCCO)[C@H]1CC(=NOCc2ccc([N+](=O)[O-])cc2)C2=C[C@H](CCCCO)[C@@H](CCCCO)[C@@H]3c4cc(OCC=C)ccc4O[C@@]1(OCC=C)[C@H]23. The van der Waals surface area contributed by atoms with E-state index in [0.29, 0.717) is 48.6 Å². The monoisotopic (exact) mass is 847 g/mol. The van der Waals surface area contributed by atoms with Crippen molar-refractivity contribution in [2.75, 3.05) is 59.4 Å². The molecule has 332 valence electrons. The van der Waals surface area contributed by atoms with Crippen molar-refractivity contribution in [2.24, 2.45) is 22.9 Å². The normalized spacial score (nSPS) is 23.1. The molecule has 15 nitrogen and oxygen atoms in total. The van der Waals surface area contributed by atoms with Crippen LogP contribution in [0.2, 0.25) is 0 Å². The Morgan fingerprint density at radius 1 is 0.951 bits per heavy atom. The molecule has 15 heteroatoms. The molecular formula is C46H61N3O12. The molecule has 1 aliphatic heterocycles. The first kappa shape index (κ1) is 47.0. The highest BCUT2D eigenvalue weighted by Gasteiger charge is 2.65. The van der Waals surface area contributed by atoms with Crippen LogP contribution in [-0.2, 0) is 25.7 Å². The number of nitrogens with zero attached hydrogens (tertiary/aromatic N) is 3. The van der Waals surface area contributed by atoms with Gasteiger partial charge in [0, 0.05) is 49.8 Å². The number of amides is 1. The second-order valence-electron chi connectivity index (χ2n) is 15.3. The molecule has 1 saturated carbocycles. The highest BCUT2D eigenvalue weighted by molar-refractivity contribution is 6.03. The Balaban J connectivity index is 1.75. The smallest absolute Gasteiger partial charge is 0.410 e. The number of rotatable bonds is 27. The van der Waals surface area contributed by atoms with Crippen LogP contribution in [0.15, 0.2) is 97.2 Å². The molecule has 1 fully saturated rings. The summed E-state index contributed by atoms with van der Waals surface area (Å²) >= 11 is 0. The van der Waals surface area contributed by atoms with E-state index in [-0.39, 0.29) is 89.3 Å². The molecule has 3 aliphatic rings. The Morgan fingerprint density at radius 3 is 2.39 bits per heavy atom. The van der Waals surface area contributed by atoms with E-state index in [0.717, 1.165) is 36.8 Å². The lowest BCUT2D eigenvalue weighted by molar-refractivity contribution is -0.384. The zero-order chi connectivity index (χ0) is 43.6. The Labute approximate surface area is 358 Å². The van der Waals surface area contributed by atoms with Crippen molar-refractivity contribution in [3.05, 3.63) is 113 Å². The Hall–Kier alpha value is -5.06. The van der Waals surface area contributed by atoms with E-state index < -0.39 is 28.8 Å². The average molecular weight is 848 g/mol. The van der Waals surface area contributed by atoms with Gasteiger partial charge in [-0.15, -0.1) is 13.2 Å². The minimum absolute atomic E-state index is 0.00516. The summed E-state index contributed by atoms with van der Waals surface area (Å²) in [5.41, 5.74) is 2.92. The minimum Gasteiger partial charge on any atom is -0.490 e. The van der Waals surface area contributed by atoms with Gasteiger partial charge < -0.3 is 43.8 Å². The van der Waals surface area contributed by atoms with Crippen molar-refractivity contribution in [1.29, 1.82) is 0 Å². The molecule has 0 bridgehead atoms. The summed E-state index contributed by atoms with van der Waals surface area (Å²) in [5.74, 6) is -1.20. The van der Waals surface area contributed by atoms with Crippen LogP contribution in [0.4, 0.5) is 10.5 Å². The quantitative estimate of drug-likeness (QED) is 0.0361. The van der Waals surface area contributed by atoms with Gasteiger partial charge in [-0.1, -0.05) is 48.9 Å². The molecule has 5 rings (SSSR count). The van der Waals surface area contributed by atoms with Gasteiger partial charge in [0.25, 0.3) is 5.69 Å². The molecule has 1 amide bonds. The third kappa shape index (κ3) is 11.7. The summed E-state index contributed by atoms with van der Waals surface area (Å²) < 4.78 is 31.8. The summed E-state index contributed by atoms with van der Waals surface area (Å²) in [5, 5.41) is 45.4. The van der Waals surface area contributed by atoms with Crippen molar-refractivity contribution < 1.29 is 53.6 Å². The molecule has 2 aromatic carbocycles. The third-order valence-corrected chi connectivity index (χ3v) is 11.4. The predicted octanol–water partition coefficient (Wildman–Crippen LogP) is 7.02. The molecule has 0 unspecified atom stereocenters. The van der Waals surface area contributed by atoms with Gasteiger partial charge in [-0.3, -0.25) is 15.0 Å². The zero-order valence-corrected chi connectivity index (χ0v) is 34.9. The maximum absolute atomic E-state index is 14.4. The van der Waals surface area contributed by atoms with Crippen molar-refractivity contribution in [2.45, 2.75) is 75.7 Å². The lowest BCUT2D eigenvalue weighted by atomic mass is 9.55. The molecule has 3 N–H and O–H groups in total. The number of aliphatic hydroxyl groups excluding tert-OH is 3. The molecular weight excluding hydrogens is 787 g/mol. The van der Waals surface area contributed by atoms with E-state index in [1.165, 1.54) is 12.1 Å². The number of allylic oxidation sites excluding steroid dienone is 1. The maximum atomic E-state index is 14.4. The Kier molecular flexibility index (Phi) is 18.3. The third-order valence-electron chi connectivity index (χ3n) is 11.4. The molecule has 0 saturated heterocycles. The van der Waals surface area contributed by atoms with Gasteiger partial charge >= 0.3 is 6.09 Å². The molecule has 0 spiro atoms. The molecule has 0 radical (unpaired) electrons. The number of aliphatic hydroxyl groups is 3.